The normalized spacial score (nSPS) is 14.7. The topological polar surface area (TPSA) is 43.1 Å². The fraction of sp³-hybridized carbons (Fsp3) is 0.294. The lowest BCUT2D eigenvalue weighted by Crippen LogP contribution is -2.07. The molecule has 1 aromatic carbocycles. The van der Waals surface area contributed by atoms with Gasteiger partial charge in [0.05, 0.1) is 5.52 Å². The zero-order valence-corrected chi connectivity index (χ0v) is 11.4. The van der Waals surface area contributed by atoms with Crippen molar-refractivity contribution in [2.45, 2.75) is 32.6 Å². The van der Waals surface area contributed by atoms with Gasteiger partial charge in [-0.25, -0.2) is 4.79 Å². The van der Waals surface area contributed by atoms with Gasteiger partial charge in [0.25, 0.3) is 0 Å². The number of pyridine rings is 1. The van der Waals surface area contributed by atoms with Crippen LogP contribution in [0, 0.1) is 6.92 Å². The second-order valence-electron chi connectivity index (χ2n) is 5.51. The first-order valence-corrected chi connectivity index (χ1v) is 7.09. The van der Waals surface area contributed by atoms with E-state index in [0.29, 0.717) is 0 Å². The van der Waals surface area contributed by atoms with E-state index < -0.39 is 0 Å². The maximum atomic E-state index is 11.6. The van der Waals surface area contributed by atoms with Crippen molar-refractivity contribution in [3.05, 3.63) is 51.5 Å². The molecule has 0 saturated carbocycles. The molecule has 100 valence electrons. The minimum atomic E-state index is -0.273. The number of nitrogens with zero attached hydrogens (tertiary/aromatic N) is 1. The Balaban J connectivity index is 2.28. The predicted molar refractivity (Wildman–Crippen MR) is 79.2 cm³/mol. The molecule has 0 fully saturated rings. The zero-order valence-electron chi connectivity index (χ0n) is 11.4. The predicted octanol–water partition coefficient (Wildman–Crippen LogP) is 3.53. The van der Waals surface area contributed by atoms with E-state index in [-0.39, 0.29) is 5.63 Å². The third-order valence-corrected chi connectivity index (χ3v) is 4.19. The van der Waals surface area contributed by atoms with Crippen molar-refractivity contribution in [3.8, 4) is 0 Å². The highest BCUT2D eigenvalue weighted by Crippen LogP contribution is 2.35. The van der Waals surface area contributed by atoms with Crippen LogP contribution in [0.1, 0.15) is 29.7 Å². The van der Waals surface area contributed by atoms with Gasteiger partial charge in [-0.3, -0.25) is 4.98 Å². The largest absolute Gasteiger partial charge is 0.422 e. The van der Waals surface area contributed by atoms with E-state index in [1.54, 1.807) is 0 Å². The number of hydrogen-bond acceptors (Lipinski definition) is 3. The molecule has 3 heteroatoms. The van der Waals surface area contributed by atoms with Crippen LogP contribution in [0.25, 0.3) is 21.9 Å². The molecule has 3 aromatic rings. The summed E-state index contributed by atoms with van der Waals surface area (Å²) in [6, 6.07) is 7.48. The molecule has 0 spiro atoms. The van der Waals surface area contributed by atoms with Crippen molar-refractivity contribution in [2.75, 3.05) is 0 Å². The van der Waals surface area contributed by atoms with Gasteiger partial charge in [0, 0.05) is 28.1 Å². The molecular formula is C17H15NO2. The van der Waals surface area contributed by atoms with Crippen molar-refractivity contribution in [1.29, 1.82) is 0 Å². The van der Waals surface area contributed by atoms with Crippen molar-refractivity contribution < 1.29 is 4.42 Å². The molecular weight excluding hydrogens is 250 g/mol. The Hall–Kier alpha value is -2.16. The van der Waals surface area contributed by atoms with Gasteiger partial charge in [0.2, 0.25) is 0 Å². The summed E-state index contributed by atoms with van der Waals surface area (Å²) < 4.78 is 5.52. The lowest BCUT2D eigenvalue weighted by atomic mass is 9.87. The van der Waals surface area contributed by atoms with Crippen molar-refractivity contribution >= 4 is 21.9 Å². The average molecular weight is 265 g/mol. The quantitative estimate of drug-likeness (QED) is 0.461. The van der Waals surface area contributed by atoms with Crippen molar-refractivity contribution in [3.63, 3.8) is 0 Å². The fourth-order valence-corrected chi connectivity index (χ4v) is 3.27. The zero-order chi connectivity index (χ0) is 13.7. The van der Waals surface area contributed by atoms with Crippen LogP contribution in [-0.2, 0) is 12.8 Å². The Morgan fingerprint density at radius 3 is 2.60 bits per heavy atom. The molecule has 0 amide bonds. The summed E-state index contributed by atoms with van der Waals surface area (Å²) in [5, 5.41) is 2.10. The van der Waals surface area contributed by atoms with Gasteiger partial charge < -0.3 is 4.42 Å². The highest BCUT2D eigenvalue weighted by Gasteiger charge is 2.20. The van der Waals surface area contributed by atoms with Crippen LogP contribution in [0.5, 0.6) is 0 Å². The highest BCUT2D eigenvalue weighted by molar-refractivity contribution is 6.07. The van der Waals surface area contributed by atoms with E-state index in [1.165, 1.54) is 23.6 Å². The van der Waals surface area contributed by atoms with Crippen LogP contribution in [-0.4, -0.2) is 4.98 Å². The summed E-state index contributed by atoms with van der Waals surface area (Å²) in [5.74, 6) is 0. The van der Waals surface area contributed by atoms with E-state index in [2.05, 4.69) is 6.07 Å². The molecule has 0 radical (unpaired) electrons. The first-order valence-electron chi connectivity index (χ1n) is 7.09. The summed E-state index contributed by atoms with van der Waals surface area (Å²) in [5.41, 5.74) is 5.07. The number of aromatic nitrogens is 1. The van der Waals surface area contributed by atoms with E-state index in [0.717, 1.165) is 46.8 Å². The van der Waals surface area contributed by atoms with Gasteiger partial charge in [0.1, 0.15) is 5.58 Å². The van der Waals surface area contributed by atoms with Crippen LogP contribution in [0.4, 0.5) is 0 Å². The molecule has 1 aliphatic carbocycles. The summed E-state index contributed by atoms with van der Waals surface area (Å²) in [6.07, 6.45) is 4.33. The van der Waals surface area contributed by atoms with E-state index >= 15 is 0 Å². The number of hydrogen-bond donors (Lipinski definition) is 0. The number of aryl methyl sites for hydroxylation is 3. The summed E-state index contributed by atoms with van der Waals surface area (Å²) in [4.78, 5) is 16.3. The Morgan fingerprint density at radius 1 is 1.00 bits per heavy atom. The van der Waals surface area contributed by atoms with Gasteiger partial charge in [-0.05, 0) is 50.3 Å². The molecule has 1 aliphatic rings. The van der Waals surface area contributed by atoms with Gasteiger partial charge >= 0.3 is 5.63 Å². The molecule has 4 rings (SSSR count). The lowest BCUT2D eigenvalue weighted by molar-refractivity contribution is 0.551. The standard InChI is InChI=1S/C17H15NO2/c1-10-6-7-12-14-8-9-15(19)20-17(14)13-5-3-2-4-11(13)16(12)18-10/h6-9H,2-5H2,1H3. The van der Waals surface area contributed by atoms with E-state index in [4.69, 9.17) is 9.40 Å². The number of benzene rings is 1. The average Bonchev–Trinajstić information content (AvgIpc) is 2.47. The summed E-state index contributed by atoms with van der Waals surface area (Å²) in [7, 11) is 0. The Bertz CT molecular complexity index is 893. The van der Waals surface area contributed by atoms with Gasteiger partial charge in [-0.15, -0.1) is 0 Å². The van der Waals surface area contributed by atoms with Crippen LogP contribution < -0.4 is 5.63 Å². The second-order valence-corrected chi connectivity index (χ2v) is 5.51. The van der Waals surface area contributed by atoms with Crippen molar-refractivity contribution in [2.24, 2.45) is 0 Å². The molecule has 2 aromatic heterocycles. The molecule has 0 saturated heterocycles. The first-order chi connectivity index (χ1) is 9.74. The number of rotatable bonds is 0. The molecule has 0 N–H and O–H groups in total. The smallest absolute Gasteiger partial charge is 0.336 e. The van der Waals surface area contributed by atoms with E-state index in [9.17, 15) is 4.79 Å². The van der Waals surface area contributed by atoms with Crippen LogP contribution >= 0.6 is 0 Å². The van der Waals surface area contributed by atoms with Gasteiger partial charge in [-0.2, -0.15) is 0 Å². The molecule has 0 atom stereocenters. The number of fused-ring (bicyclic) bond motifs is 6. The lowest BCUT2D eigenvalue weighted by Gasteiger charge is -2.19. The van der Waals surface area contributed by atoms with Gasteiger partial charge in [0.15, 0.2) is 0 Å². The van der Waals surface area contributed by atoms with Crippen molar-refractivity contribution in [1.82, 2.24) is 4.98 Å². The minimum absolute atomic E-state index is 0.273. The minimum Gasteiger partial charge on any atom is -0.422 e. The maximum absolute atomic E-state index is 11.6. The first kappa shape index (κ1) is 11.6. The molecule has 0 unspecified atom stereocenters. The Morgan fingerprint density at radius 2 is 1.75 bits per heavy atom. The van der Waals surface area contributed by atoms with Crippen LogP contribution in [0.2, 0.25) is 0 Å². The Kier molecular flexibility index (Phi) is 2.43. The summed E-state index contributed by atoms with van der Waals surface area (Å²) in [6.45, 7) is 2.02. The third kappa shape index (κ3) is 1.59. The van der Waals surface area contributed by atoms with Gasteiger partial charge in [-0.1, -0.05) is 6.07 Å². The third-order valence-electron chi connectivity index (χ3n) is 4.19. The molecule has 3 nitrogen and oxygen atoms in total. The molecule has 20 heavy (non-hydrogen) atoms. The molecule has 0 aliphatic heterocycles. The van der Waals surface area contributed by atoms with Crippen LogP contribution in [0.3, 0.4) is 0 Å². The SMILES string of the molecule is Cc1ccc2c(n1)c1c(c3oc(=O)ccc32)CCCC1. The monoisotopic (exact) mass is 265 g/mol. The summed E-state index contributed by atoms with van der Waals surface area (Å²) >= 11 is 0. The highest BCUT2D eigenvalue weighted by atomic mass is 16.4. The molecule has 0 bridgehead atoms. The van der Waals surface area contributed by atoms with E-state index in [1.807, 2.05) is 19.1 Å². The van der Waals surface area contributed by atoms with Crippen LogP contribution in [0.15, 0.2) is 33.5 Å². The second kappa shape index (κ2) is 4.17. The fourth-order valence-electron chi connectivity index (χ4n) is 3.27. The molecule has 2 heterocycles. The maximum Gasteiger partial charge on any atom is 0.336 e. The Labute approximate surface area is 116 Å².